The fraction of sp³-hybridized carbons (Fsp3) is 0.143. The summed E-state index contributed by atoms with van der Waals surface area (Å²) >= 11 is 2.23. The maximum absolute atomic E-state index is 13.9. The van der Waals surface area contributed by atoms with E-state index in [0.717, 1.165) is 9.13 Å². The first-order valence-corrected chi connectivity index (χ1v) is 6.30. The highest BCUT2D eigenvalue weighted by molar-refractivity contribution is 14.1. The molecule has 0 saturated heterocycles. The fourth-order valence-corrected chi connectivity index (χ4v) is 2.64. The third-order valence-electron chi connectivity index (χ3n) is 2.59. The third-order valence-corrected chi connectivity index (χ3v) is 3.48. The molecule has 0 bridgehead atoms. The van der Waals surface area contributed by atoms with Crippen LogP contribution in [0.5, 0.6) is 5.75 Å². The number of hydrogen-bond donors (Lipinski definition) is 0. The number of aryl methyl sites for hydroxylation is 1. The number of halogens is 2. The van der Waals surface area contributed by atoms with Crippen LogP contribution in [0.2, 0.25) is 0 Å². The molecule has 0 spiro atoms. The van der Waals surface area contributed by atoms with Gasteiger partial charge >= 0.3 is 0 Å². The standard InChI is InChI=1S/C14H12FIO/c1-9-3-5-12(14(16)7-9)11-6-4-10(17-2)8-13(11)15/h3-8H,1-2H3. The second-order valence-corrected chi connectivity index (χ2v) is 4.99. The zero-order valence-electron chi connectivity index (χ0n) is 9.63. The predicted octanol–water partition coefficient (Wildman–Crippen LogP) is 4.41. The summed E-state index contributed by atoms with van der Waals surface area (Å²) in [5.41, 5.74) is 2.69. The average molecular weight is 342 g/mol. The average Bonchev–Trinajstić information content (AvgIpc) is 2.30. The van der Waals surface area contributed by atoms with Crippen LogP contribution in [-0.2, 0) is 0 Å². The van der Waals surface area contributed by atoms with Gasteiger partial charge in [0.25, 0.3) is 0 Å². The zero-order valence-corrected chi connectivity index (χ0v) is 11.8. The first-order chi connectivity index (χ1) is 8.11. The van der Waals surface area contributed by atoms with Gasteiger partial charge in [-0.05, 0) is 53.3 Å². The lowest BCUT2D eigenvalue weighted by Crippen LogP contribution is -1.90. The molecular formula is C14H12FIO. The van der Waals surface area contributed by atoms with Gasteiger partial charge in [-0.2, -0.15) is 0 Å². The lowest BCUT2D eigenvalue weighted by atomic mass is 10.0. The minimum absolute atomic E-state index is 0.258. The van der Waals surface area contributed by atoms with Crippen molar-refractivity contribution < 1.29 is 9.13 Å². The summed E-state index contributed by atoms with van der Waals surface area (Å²) in [5, 5.41) is 0. The van der Waals surface area contributed by atoms with Gasteiger partial charge in [0.2, 0.25) is 0 Å². The van der Waals surface area contributed by atoms with Gasteiger partial charge in [-0.1, -0.05) is 17.7 Å². The minimum Gasteiger partial charge on any atom is -0.497 e. The summed E-state index contributed by atoms with van der Waals surface area (Å²) in [7, 11) is 1.53. The highest BCUT2D eigenvalue weighted by atomic mass is 127. The lowest BCUT2D eigenvalue weighted by Gasteiger charge is -2.08. The molecule has 0 aliphatic rings. The van der Waals surface area contributed by atoms with Crippen LogP contribution in [0.1, 0.15) is 5.56 Å². The highest BCUT2D eigenvalue weighted by Crippen LogP contribution is 2.30. The number of benzene rings is 2. The Morgan fingerprint density at radius 3 is 2.35 bits per heavy atom. The van der Waals surface area contributed by atoms with Crippen LogP contribution in [0.25, 0.3) is 11.1 Å². The molecule has 0 heterocycles. The molecule has 0 saturated carbocycles. The summed E-state index contributed by atoms with van der Waals surface area (Å²) in [6.07, 6.45) is 0. The van der Waals surface area contributed by atoms with Crippen LogP contribution < -0.4 is 4.74 Å². The first-order valence-electron chi connectivity index (χ1n) is 5.22. The molecule has 0 N–H and O–H groups in total. The van der Waals surface area contributed by atoms with Crippen LogP contribution in [0.4, 0.5) is 4.39 Å². The third kappa shape index (κ3) is 2.60. The second-order valence-electron chi connectivity index (χ2n) is 3.83. The van der Waals surface area contributed by atoms with Crippen LogP contribution in [0, 0.1) is 16.3 Å². The maximum atomic E-state index is 13.9. The molecule has 2 aromatic rings. The lowest BCUT2D eigenvalue weighted by molar-refractivity contribution is 0.411. The van der Waals surface area contributed by atoms with Crippen molar-refractivity contribution in [1.82, 2.24) is 0 Å². The van der Waals surface area contributed by atoms with Crippen molar-refractivity contribution in [2.24, 2.45) is 0 Å². The Kier molecular flexibility index (Phi) is 3.66. The molecule has 1 nitrogen and oxygen atoms in total. The molecule has 2 aromatic carbocycles. The quantitative estimate of drug-likeness (QED) is 0.735. The van der Waals surface area contributed by atoms with Gasteiger partial charge in [0.1, 0.15) is 11.6 Å². The Bertz CT molecular complexity index is 552. The predicted molar refractivity (Wildman–Crippen MR) is 75.8 cm³/mol. The van der Waals surface area contributed by atoms with Gasteiger partial charge < -0.3 is 4.74 Å². The SMILES string of the molecule is COc1ccc(-c2ccc(C)cc2I)c(F)c1. The summed E-state index contributed by atoms with van der Waals surface area (Å²) in [6, 6.07) is 10.9. The van der Waals surface area contributed by atoms with Crippen molar-refractivity contribution in [3.05, 3.63) is 51.3 Å². The van der Waals surface area contributed by atoms with Gasteiger partial charge in [0, 0.05) is 15.2 Å². The molecule has 0 radical (unpaired) electrons. The largest absolute Gasteiger partial charge is 0.497 e. The molecule has 3 heteroatoms. The molecule has 0 fully saturated rings. The number of rotatable bonds is 2. The van der Waals surface area contributed by atoms with Crippen LogP contribution in [0.15, 0.2) is 36.4 Å². The van der Waals surface area contributed by atoms with Gasteiger partial charge in [-0.15, -0.1) is 0 Å². The van der Waals surface area contributed by atoms with E-state index in [1.165, 1.54) is 18.7 Å². The molecule has 0 aliphatic carbocycles. The monoisotopic (exact) mass is 342 g/mol. The van der Waals surface area contributed by atoms with Crippen LogP contribution in [-0.4, -0.2) is 7.11 Å². The van der Waals surface area contributed by atoms with E-state index in [2.05, 4.69) is 22.6 Å². The van der Waals surface area contributed by atoms with E-state index in [9.17, 15) is 4.39 Å². The highest BCUT2D eigenvalue weighted by Gasteiger charge is 2.09. The smallest absolute Gasteiger partial charge is 0.134 e. The molecular weight excluding hydrogens is 330 g/mol. The molecule has 88 valence electrons. The minimum atomic E-state index is -0.258. The van der Waals surface area contributed by atoms with Crippen molar-refractivity contribution in [1.29, 1.82) is 0 Å². The Morgan fingerprint density at radius 1 is 1.06 bits per heavy atom. The fourth-order valence-electron chi connectivity index (χ4n) is 1.68. The summed E-state index contributed by atoms with van der Waals surface area (Å²) in [6.45, 7) is 2.02. The van der Waals surface area contributed by atoms with E-state index < -0.39 is 0 Å². The Balaban J connectivity index is 2.53. The van der Waals surface area contributed by atoms with E-state index >= 15 is 0 Å². The van der Waals surface area contributed by atoms with Crippen molar-refractivity contribution in [2.45, 2.75) is 6.92 Å². The zero-order chi connectivity index (χ0) is 12.4. The molecule has 0 atom stereocenters. The van der Waals surface area contributed by atoms with E-state index in [1.807, 2.05) is 25.1 Å². The summed E-state index contributed by atoms with van der Waals surface area (Å²) in [5.74, 6) is 0.277. The van der Waals surface area contributed by atoms with Gasteiger partial charge in [-0.25, -0.2) is 4.39 Å². The summed E-state index contributed by atoms with van der Waals surface area (Å²) < 4.78 is 20.0. The van der Waals surface area contributed by atoms with E-state index in [-0.39, 0.29) is 5.82 Å². The Labute approximate surface area is 114 Å². The van der Waals surface area contributed by atoms with Gasteiger partial charge in [0.05, 0.1) is 7.11 Å². The number of ether oxygens (including phenoxy) is 1. The molecule has 2 rings (SSSR count). The molecule has 0 amide bonds. The molecule has 0 aliphatic heterocycles. The number of hydrogen-bond acceptors (Lipinski definition) is 1. The number of methoxy groups -OCH3 is 1. The Hall–Kier alpha value is -1.10. The Morgan fingerprint density at radius 2 is 1.76 bits per heavy atom. The van der Waals surface area contributed by atoms with Crippen molar-refractivity contribution >= 4 is 22.6 Å². The van der Waals surface area contributed by atoms with Crippen molar-refractivity contribution in [3.8, 4) is 16.9 Å². The second kappa shape index (κ2) is 5.04. The maximum Gasteiger partial charge on any atom is 0.134 e. The normalized spacial score (nSPS) is 10.4. The van der Waals surface area contributed by atoms with Gasteiger partial charge in [0.15, 0.2) is 0 Å². The first kappa shape index (κ1) is 12.4. The van der Waals surface area contributed by atoms with E-state index in [1.54, 1.807) is 12.1 Å². The van der Waals surface area contributed by atoms with Crippen molar-refractivity contribution in [2.75, 3.05) is 7.11 Å². The van der Waals surface area contributed by atoms with Crippen molar-refractivity contribution in [3.63, 3.8) is 0 Å². The molecule has 0 aromatic heterocycles. The van der Waals surface area contributed by atoms with E-state index in [4.69, 9.17) is 4.74 Å². The van der Waals surface area contributed by atoms with E-state index in [0.29, 0.717) is 11.3 Å². The molecule has 17 heavy (non-hydrogen) atoms. The topological polar surface area (TPSA) is 9.23 Å². The molecule has 0 unspecified atom stereocenters. The van der Waals surface area contributed by atoms with Crippen LogP contribution >= 0.6 is 22.6 Å². The summed E-state index contributed by atoms with van der Waals surface area (Å²) in [4.78, 5) is 0. The van der Waals surface area contributed by atoms with Crippen LogP contribution in [0.3, 0.4) is 0 Å². The van der Waals surface area contributed by atoms with Gasteiger partial charge in [-0.3, -0.25) is 0 Å².